The summed E-state index contributed by atoms with van der Waals surface area (Å²) in [5, 5.41) is 9.77. The molecule has 0 amide bonds. The Kier molecular flexibility index (Phi) is 4.45. The van der Waals surface area contributed by atoms with E-state index < -0.39 is 17.9 Å². The van der Waals surface area contributed by atoms with Crippen molar-refractivity contribution < 1.29 is 23.8 Å². The van der Waals surface area contributed by atoms with Gasteiger partial charge in [-0.2, -0.15) is 0 Å². The predicted molar refractivity (Wildman–Crippen MR) is 84.4 cm³/mol. The van der Waals surface area contributed by atoms with Crippen LogP contribution in [0.25, 0.3) is 10.9 Å². The van der Waals surface area contributed by atoms with Crippen molar-refractivity contribution in [3.8, 4) is 0 Å². The molecule has 0 spiro atoms. The van der Waals surface area contributed by atoms with E-state index >= 15 is 0 Å². The highest BCUT2D eigenvalue weighted by molar-refractivity contribution is 6.01. The molecule has 0 aliphatic carbocycles. The standard InChI is InChI=1S/C17H20FNO4/c1-10-7-11-8-14(15(20)21)19(13(11)9-12(10)18)16(22)23-6-5-17(2,3)4/h7-9H,5-6H2,1-4H3,(H,20,21). The summed E-state index contributed by atoms with van der Waals surface area (Å²) >= 11 is 0. The minimum Gasteiger partial charge on any atom is -0.477 e. The molecule has 0 saturated carbocycles. The van der Waals surface area contributed by atoms with Crippen LogP contribution in [0.15, 0.2) is 18.2 Å². The molecule has 0 fully saturated rings. The highest BCUT2D eigenvalue weighted by atomic mass is 19.1. The van der Waals surface area contributed by atoms with Crippen molar-refractivity contribution >= 4 is 23.0 Å². The molecule has 6 heteroatoms. The third kappa shape index (κ3) is 3.70. The lowest BCUT2D eigenvalue weighted by Crippen LogP contribution is -2.21. The molecule has 0 aliphatic rings. The second-order valence-corrected chi connectivity index (χ2v) is 6.76. The topological polar surface area (TPSA) is 68.5 Å². The third-order valence-corrected chi connectivity index (χ3v) is 3.56. The van der Waals surface area contributed by atoms with Crippen molar-refractivity contribution in [1.82, 2.24) is 4.57 Å². The van der Waals surface area contributed by atoms with Gasteiger partial charge in [0, 0.05) is 5.39 Å². The van der Waals surface area contributed by atoms with Gasteiger partial charge in [0.25, 0.3) is 0 Å². The average Bonchev–Trinajstić information content (AvgIpc) is 2.76. The molecule has 1 heterocycles. The summed E-state index contributed by atoms with van der Waals surface area (Å²) in [5.41, 5.74) is 0.308. The summed E-state index contributed by atoms with van der Waals surface area (Å²) in [6, 6.07) is 4.01. The molecule has 1 aromatic carbocycles. The molecule has 1 N–H and O–H groups in total. The first kappa shape index (κ1) is 17.0. The maximum atomic E-state index is 13.8. The van der Waals surface area contributed by atoms with Gasteiger partial charge in [-0.1, -0.05) is 20.8 Å². The number of hydrogen-bond donors (Lipinski definition) is 1. The first-order chi connectivity index (χ1) is 10.6. The molecule has 23 heavy (non-hydrogen) atoms. The van der Waals surface area contributed by atoms with Crippen molar-refractivity contribution in [2.45, 2.75) is 34.1 Å². The quantitative estimate of drug-likeness (QED) is 0.919. The van der Waals surface area contributed by atoms with Gasteiger partial charge in [0.1, 0.15) is 11.5 Å². The average molecular weight is 321 g/mol. The number of carboxylic acids is 1. The van der Waals surface area contributed by atoms with Crippen LogP contribution < -0.4 is 0 Å². The maximum absolute atomic E-state index is 13.8. The number of hydrogen-bond acceptors (Lipinski definition) is 3. The van der Waals surface area contributed by atoms with Crippen molar-refractivity contribution in [3.63, 3.8) is 0 Å². The minimum absolute atomic E-state index is 0.0160. The lowest BCUT2D eigenvalue weighted by Gasteiger charge is -2.17. The molecule has 2 rings (SSSR count). The van der Waals surface area contributed by atoms with E-state index in [-0.39, 0.29) is 23.2 Å². The van der Waals surface area contributed by atoms with Crippen LogP contribution in [-0.4, -0.2) is 28.3 Å². The molecule has 0 saturated heterocycles. The Morgan fingerprint density at radius 1 is 1.26 bits per heavy atom. The Morgan fingerprint density at radius 2 is 1.91 bits per heavy atom. The number of carboxylic acid groups (broad SMARTS) is 1. The number of carbonyl (C=O) groups excluding carboxylic acids is 1. The van der Waals surface area contributed by atoms with E-state index in [9.17, 15) is 19.1 Å². The number of ether oxygens (including phenoxy) is 1. The van der Waals surface area contributed by atoms with Gasteiger partial charge >= 0.3 is 12.1 Å². The highest BCUT2D eigenvalue weighted by Crippen LogP contribution is 2.24. The first-order valence-electron chi connectivity index (χ1n) is 7.32. The molecule has 0 radical (unpaired) electrons. The molecule has 2 aromatic rings. The van der Waals surface area contributed by atoms with Gasteiger partial charge in [0.2, 0.25) is 0 Å². The number of nitrogens with zero attached hydrogens (tertiary/aromatic N) is 1. The smallest absolute Gasteiger partial charge is 0.419 e. The number of carbonyl (C=O) groups is 2. The number of aryl methyl sites for hydroxylation is 1. The minimum atomic E-state index is -1.27. The van der Waals surface area contributed by atoms with Gasteiger partial charge < -0.3 is 9.84 Å². The fourth-order valence-electron chi connectivity index (χ4n) is 2.21. The maximum Gasteiger partial charge on any atom is 0.419 e. The Bertz CT molecular complexity index is 771. The van der Waals surface area contributed by atoms with E-state index in [0.717, 1.165) is 10.6 Å². The largest absolute Gasteiger partial charge is 0.477 e. The lowest BCUT2D eigenvalue weighted by atomic mass is 9.93. The molecule has 0 bridgehead atoms. The zero-order valence-corrected chi connectivity index (χ0v) is 13.6. The first-order valence-corrected chi connectivity index (χ1v) is 7.32. The number of aromatic carboxylic acids is 1. The molecule has 0 atom stereocenters. The highest BCUT2D eigenvalue weighted by Gasteiger charge is 2.22. The Morgan fingerprint density at radius 3 is 2.48 bits per heavy atom. The van der Waals surface area contributed by atoms with Crippen LogP contribution in [-0.2, 0) is 4.74 Å². The third-order valence-electron chi connectivity index (χ3n) is 3.56. The zero-order chi connectivity index (χ0) is 17.4. The van der Waals surface area contributed by atoms with Crippen molar-refractivity contribution in [2.75, 3.05) is 6.61 Å². The van der Waals surface area contributed by atoms with Gasteiger partial charge in [-0.05, 0) is 42.5 Å². The van der Waals surface area contributed by atoms with Gasteiger partial charge in [-0.15, -0.1) is 0 Å². The van der Waals surface area contributed by atoms with Crippen molar-refractivity contribution in [2.24, 2.45) is 5.41 Å². The number of fused-ring (bicyclic) bond motifs is 1. The Balaban J connectivity index is 2.41. The van der Waals surface area contributed by atoms with Crippen LogP contribution in [0, 0.1) is 18.2 Å². The van der Waals surface area contributed by atoms with E-state index in [1.165, 1.54) is 12.1 Å². The molecule has 5 nitrogen and oxygen atoms in total. The Hall–Kier alpha value is -2.37. The number of halogens is 1. The summed E-state index contributed by atoms with van der Waals surface area (Å²) < 4.78 is 19.9. The SMILES string of the molecule is Cc1cc2cc(C(=O)O)n(C(=O)OCCC(C)(C)C)c2cc1F. The number of aromatic nitrogens is 1. The second-order valence-electron chi connectivity index (χ2n) is 6.76. The van der Waals surface area contributed by atoms with E-state index in [1.807, 2.05) is 20.8 Å². The van der Waals surface area contributed by atoms with Crippen LogP contribution in [0.5, 0.6) is 0 Å². The molecule has 0 aliphatic heterocycles. The van der Waals surface area contributed by atoms with Crippen molar-refractivity contribution in [3.05, 3.63) is 35.3 Å². The van der Waals surface area contributed by atoms with Gasteiger partial charge in [0.15, 0.2) is 0 Å². The van der Waals surface area contributed by atoms with Crippen LogP contribution in [0.3, 0.4) is 0 Å². The summed E-state index contributed by atoms with van der Waals surface area (Å²) in [6.07, 6.45) is -0.182. The van der Waals surface area contributed by atoms with Gasteiger partial charge in [-0.25, -0.2) is 18.5 Å². The monoisotopic (exact) mass is 321 g/mol. The number of benzene rings is 1. The van der Waals surface area contributed by atoms with E-state index in [4.69, 9.17) is 4.74 Å². The number of rotatable bonds is 3. The van der Waals surface area contributed by atoms with Crippen LogP contribution >= 0.6 is 0 Å². The van der Waals surface area contributed by atoms with E-state index in [0.29, 0.717) is 17.4 Å². The molecule has 1 aromatic heterocycles. The zero-order valence-electron chi connectivity index (χ0n) is 13.6. The molecule has 0 unspecified atom stereocenters. The van der Waals surface area contributed by atoms with Crippen LogP contribution in [0.2, 0.25) is 0 Å². The van der Waals surface area contributed by atoms with Gasteiger partial charge in [0.05, 0.1) is 12.1 Å². The van der Waals surface area contributed by atoms with Gasteiger partial charge in [-0.3, -0.25) is 0 Å². The van der Waals surface area contributed by atoms with Crippen LogP contribution in [0.1, 0.15) is 43.2 Å². The summed E-state index contributed by atoms with van der Waals surface area (Å²) in [5.74, 6) is -1.77. The normalized spacial score (nSPS) is 11.7. The second kappa shape index (κ2) is 6.02. The summed E-state index contributed by atoms with van der Waals surface area (Å²) in [4.78, 5) is 23.7. The fourth-order valence-corrected chi connectivity index (χ4v) is 2.21. The molecular weight excluding hydrogens is 301 g/mol. The summed E-state index contributed by atoms with van der Waals surface area (Å²) in [7, 11) is 0. The predicted octanol–water partition coefficient (Wildman–Crippen LogP) is 4.21. The van der Waals surface area contributed by atoms with Crippen LogP contribution in [0.4, 0.5) is 9.18 Å². The fraction of sp³-hybridized carbons (Fsp3) is 0.412. The summed E-state index contributed by atoms with van der Waals surface area (Å²) in [6.45, 7) is 7.76. The Labute approximate surface area is 133 Å². The molecule has 124 valence electrons. The molecular formula is C17H20FNO4. The van der Waals surface area contributed by atoms with E-state index in [1.54, 1.807) is 6.92 Å². The van der Waals surface area contributed by atoms with Crippen molar-refractivity contribution in [1.29, 1.82) is 0 Å². The lowest BCUT2D eigenvalue weighted by molar-refractivity contribution is 0.0680. The van der Waals surface area contributed by atoms with E-state index in [2.05, 4.69) is 0 Å².